The lowest BCUT2D eigenvalue weighted by Gasteiger charge is -2.16. The zero-order valence-electron chi connectivity index (χ0n) is 11.4. The third-order valence-electron chi connectivity index (χ3n) is 2.95. The predicted octanol–water partition coefficient (Wildman–Crippen LogP) is 2.31. The second kappa shape index (κ2) is 7.26. The van der Waals surface area contributed by atoms with Crippen molar-refractivity contribution in [2.45, 2.75) is 32.8 Å². The maximum absolute atomic E-state index is 11.9. The number of carboxylic acid groups (broad SMARTS) is 1. The molecule has 2 rings (SSSR count). The highest BCUT2D eigenvalue weighted by atomic mass is 35.5. The highest BCUT2D eigenvalue weighted by Crippen LogP contribution is 2.28. The molecule has 0 saturated heterocycles. The van der Waals surface area contributed by atoms with Gasteiger partial charge in [-0.25, -0.2) is 0 Å². The van der Waals surface area contributed by atoms with Crippen LogP contribution in [0, 0.1) is 5.92 Å². The molecule has 0 aromatic heterocycles. The Hall–Kier alpha value is -1.59. The minimum absolute atomic E-state index is 0.225. The molecule has 20 heavy (non-hydrogen) atoms. The van der Waals surface area contributed by atoms with Crippen molar-refractivity contribution in [3.05, 3.63) is 28.8 Å². The van der Waals surface area contributed by atoms with Crippen LogP contribution in [0.3, 0.4) is 0 Å². The maximum atomic E-state index is 11.9. The van der Waals surface area contributed by atoms with Crippen LogP contribution in [-0.2, 0) is 16.0 Å². The fraction of sp³-hybridized carbons (Fsp3) is 0.429. The van der Waals surface area contributed by atoms with Gasteiger partial charge in [0.05, 0.1) is 18.4 Å². The van der Waals surface area contributed by atoms with Gasteiger partial charge in [0.2, 0.25) is 5.91 Å². The molecule has 0 fully saturated rings. The minimum atomic E-state index is -1.11. The topological polar surface area (TPSA) is 86.6 Å². The van der Waals surface area contributed by atoms with Crippen molar-refractivity contribution in [1.82, 2.24) is 0 Å². The molecule has 1 amide bonds. The molecule has 0 aliphatic carbocycles. The molecule has 2 atom stereocenters. The summed E-state index contributed by atoms with van der Waals surface area (Å²) >= 11 is 5.83. The second-order valence-electron chi connectivity index (χ2n) is 4.27. The number of rotatable bonds is 2. The van der Waals surface area contributed by atoms with Crippen molar-refractivity contribution in [2.75, 3.05) is 5.32 Å². The summed E-state index contributed by atoms with van der Waals surface area (Å²) in [6.45, 7) is 4.00. The lowest BCUT2D eigenvalue weighted by molar-refractivity contribution is -0.142. The van der Waals surface area contributed by atoms with Crippen molar-refractivity contribution in [1.29, 1.82) is 0 Å². The standard InChI is InChI=1S/C12H12ClNO4.C2H6/c13-7-2-1-6-3-10(15)8(5-11(16)17)12(18)14-9(6)4-7;1-2/h1-2,4,8,10,15H,3,5H2,(H,14,18)(H,16,17);1-2H3. The summed E-state index contributed by atoms with van der Waals surface area (Å²) in [7, 11) is 0. The lowest BCUT2D eigenvalue weighted by Crippen LogP contribution is -2.33. The van der Waals surface area contributed by atoms with Crippen LogP contribution in [0.25, 0.3) is 0 Å². The third kappa shape index (κ3) is 3.95. The number of aliphatic hydroxyl groups is 1. The van der Waals surface area contributed by atoms with Gasteiger partial charge in [-0.3, -0.25) is 9.59 Å². The smallest absolute Gasteiger partial charge is 0.304 e. The first-order valence-corrected chi connectivity index (χ1v) is 6.84. The molecular formula is C14H18ClNO4. The SMILES string of the molecule is CC.O=C(O)CC1C(=O)Nc2cc(Cl)ccc2CC1O. The monoisotopic (exact) mass is 299 g/mol. The molecule has 0 saturated carbocycles. The van der Waals surface area contributed by atoms with E-state index in [0.717, 1.165) is 5.56 Å². The number of benzene rings is 1. The van der Waals surface area contributed by atoms with Gasteiger partial charge in [0.25, 0.3) is 0 Å². The number of aliphatic hydroxyl groups excluding tert-OH is 1. The fourth-order valence-corrected chi connectivity index (χ4v) is 2.20. The zero-order chi connectivity index (χ0) is 15.3. The van der Waals surface area contributed by atoms with E-state index in [9.17, 15) is 14.7 Å². The number of aliphatic carboxylic acids is 1. The van der Waals surface area contributed by atoms with E-state index in [-0.39, 0.29) is 6.42 Å². The van der Waals surface area contributed by atoms with Gasteiger partial charge in [-0.05, 0) is 17.7 Å². The van der Waals surface area contributed by atoms with Crippen LogP contribution in [0.2, 0.25) is 5.02 Å². The van der Waals surface area contributed by atoms with Gasteiger partial charge < -0.3 is 15.5 Å². The average Bonchev–Trinajstić information content (AvgIpc) is 2.50. The Morgan fingerprint density at radius 1 is 1.45 bits per heavy atom. The van der Waals surface area contributed by atoms with Gasteiger partial charge in [0.1, 0.15) is 0 Å². The number of carbonyl (C=O) groups excluding carboxylic acids is 1. The number of anilines is 1. The van der Waals surface area contributed by atoms with E-state index in [1.807, 2.05) is 13.8 Å². The number of carbonyl (C=O) groups is 2. The van der Waals surface area contributed by atoms with Gasteiger partial charge in [-0.1, -0.05) is 31.5 Å². The Balaban J connectivity index is 0.000000956. The van der Waals surface area contributed by atoms with Gasteiger partial charge >= 0.3 is 5.97 Å². The Bertz CT molecular complexity index is 504. The Labute approximate surface area is 122 Å². The van der Waals surface area contributed by atoms with E-state index in [1.165, 1.54) is 0 Å². The molecule has 110 valence electrons. The summed E-state index contributed by atoms with van der Waals surface area (Å²) in [4.78, 5) is 22.5. The highest BCUT2D eigenvalue weighted by molar-refractivity contribution is 6.31. The summed E-state index contributed by atoms with van der Waals surface area (Å²) in [5.41, 5.74) is 1.27. The average molecular weight is 300 g/mol. The van der Waals surface area contributed by atoms with E-state index in [0.29, 0.717) is 10.7 Å². The van der Waals surface area contributed by atoms with E-state index in [2.05, 4.69) is 5.32 Å². The maximum Gasteiger partial charge on any atom is 0.304 e. The molecule has 5 nitrogen and oxygen atoms in total. The molecule has 2 unspecified atom stereocenters. The molecular weight excluding hydrogens is 282 g/mol. The fourth-order valence-electron chi connectivity index (χ4n) is 2.03. The van der Waals surface area contributed by atoms with E-state index >= 15 is 0 Å². The van der Waals surface area contributed by atoms with Crippen molar-refractivity contribution < 1.29 is 19.8 Å². The predicted molar refractivity (Wildman–Crippen MR) is 76.9 cm³/mol. The van der Waals surface area contributed by atoms with Gasteiger partial charge in [-0.2, -0.15) is 0 Å². The summed E-state index contributed by atoms with van der Waals surface area (Å²) in [6.07, 6.45) is -1.18. The quantitative estimate of drug-likeness (QED) is 0.782. The number of fused-ring (bicyclic) bond motifs is 1. The molecule has 0 radical (unpaired) electrons. The number of halogens is 1. The van der Waals surface area contributed by atoms with Crippen LogP contribution in [0.4, 0.5) is 5.69 Å². The summed E-state index contributed by atoms with van der Waals surface area (Å²) in [5, 5.41) is 21.7. The Morgan fingerprint density at radius 3 is 2.70 bits per heavy atom. The number of carboxylic acids is 1. The summed E-state index contributed by atoms with van der Waals surface area (Å²) < 4.78 is 0. The summed E-state index contributed by atoms with van der Waals surface area (Å²) in [6, 6.07) is 4.96. The van der Waals surface area contributed by atoms with Crippen LogP contribution in [0.1, 0.15) is 25.8 Å². The first kappa shape index (κ1) is 16.5. The first-order valence-electron chi connectivity index (χ1n) is 6.46. The van der Waals surface area contributed by atoms with Crippen molar-refractivity contribution in [2.24, 2.45) is 5.92 Å². The van der Waals surface area contributed by atoms with Crippen LogP contribution in [0.15, 0.2) is 18.2 Å². The molecule has 1 aromatic carbocycles. The normalized spacial score (nSPS) is 20.9. The first-order chi connectivity index (χ1) is 9.47. The van der Waals surface area contributed by atoms with Crippen LogP contribution in [-0.4, -0.2) is 28.2 Å². The van der Waals surface area contributed by atoms with Crippen LogP contribution < -0.4 is 5.32 Å². The number of amides is 1. The van der Waals surface area contributed by atoms with E-state index in [1.54, 1.807) is 18.2 Å². The summed E-state index contributed by atoms with van der Waals surface area (Å²) in [5.74, 6) is -2.56. The molecule has 1 aliphatic rings. The lowest BCUT2D eigenvalue weighted by atomic mass is 9.94. The molecule has 1 heterocycles. The number of nitrogens with one attached hydrogen (secondary N) is 1. The molecule has 0 spiro atoms. The zero-order valence-corrected chi connectivity index (χ0v) is 12.1. The third-order valence-corrected chi connectivity index (χ3v) is 3.19. The van der Waals surface area contributed by atoms with Crippen molar-refractivity contribution in [3.63, 3.8) is 0 Å². The highest BCUT2D eigenvalue weighted by Gasteiger charge is 2.32. The van der Waals surface area contributed by atoms with Crippen LogP contribution in [0.5, 0.6) is 0 Å². The minimum Gasteiger partial charge on any atom is -0.481 e. The van der Waals surface area contributed by atoms with Crippen molar-refractivity contribution >= 4 is 29.2 Å². The van der Waals surface area contributed by atoms with Gasteiger partial charge in [0.15, 0.2) is 0 Å². The van der Waals surface area contributed by atoms with Gasteiger partial charge in [-0.15, -0.1) is 0 Å². The number of hydrogen-bond donors (Lipinski definition) is 3. The Kier molecular flexibility index (Phi) is 5.98. The second-order valence-corrected chi connectivity index (χ2v) is 4.70. The van der Waals surface area contributed by atoms with E-state index in [4.69, 9.17) is 16.7 Å². The molecule has 1 aliphatic heterocycles. The van der Waals surface area contributed by atoms with Crippen LogP contribution >= 0.6 is 11.6 Å². The molecule has 0 bridgehead atoms. The largest absolute Gasteiger partial charge is 0.481 e. The molecule has 3 N–H and O–H groups in total. The molecule has 6 heteroatoms. The van der Waals surface area contributed by atoms with Crippen molar-refractivity contribution in [3.8, 4) is 0 Å². The molecule has 1 aromatic rings. The Morgan fingerprint density at radius 2 is 2.10 bits per heavy atom. The van der Waals surface area contributed by atoms with Gasteiger partial charge in [0, 0.05) is 17.1 Å². The van der Waals surface area contributed by atoms with E-state index < -0.39 is 30.3 Å². The number of hydrogen-bond acceptors (Lipinski definition) is 3.